The maximum atomic E-state index is 12.1. The van der Waals surface area contributed by atoms with E-state index in [4.69, 9.17) is 9.47 Å². The largest absolute Gasteiger partial charge is 0.444 e. The smallest absolute Gasteiger partial charge is 0.410 e. The highest BCUT2D eigenvalue weighted by Gasteiger charge is 2.48. The third kappa shape index (κ3) is 2.77. The fourth-order valence-electron chi connectivity index (χ4n) is 3.20. The molecule has 1 atom stereocenters. The number of carbonyl (C=O) groups is 1. The maximum Gasteiger partial charge on any atom is 0.410 e. The first-order chi connectivity index (χ1) is 9.37. The van der Waals surface area contributed by atoms with Gasteiger partial charge in [0.15, 0.2) is 6.35 Å². The number of hydrogen-bond acceptors (Lipinski definition) is 5. The average Bonchev–Trinajstić information content (AvgIpc) is 2.86. The Morgan fingerprint density at radius 2 is 2.00 bits per heavy atom. The molecule has 0 radical (unpaired) electrons. The van der Waals surface area contributed by atoms with Gasteiger partial charge in [0, 0.05) is 32.7 Å². The van der Waals surface area contributed by atoms with Crippen molar-refractivity contribution in [3.63, 3.8) is 0 Å². The van der Waals surface area contributed by atoms with Crippen molar-refractivity contribution in [3.05, 3.63) is 0 Å². The van der Waals surface area contributed by atoms with E-state index in [1.165, 1.54) is 0 Å². The lowest BCUT2D eigenvalue weighted by molar-refractivity contribution is -0.0871. The number of nitrogens with zero attached hydrogens (tertiary/aromatic N) is 2. The molecule has 3 fully saturated rings. The highest BCUT2D eigenvalue weighted by molar-refractivity contribution is 5.68. The Balaban J connectivity index is 1.54. The van der Waals surface area contributed by atoms with E-state index in [9.17, 15) is 4.79 Å². The molecule has 0 saturated carbocycles. The molecule has 0 aromatic rings. The second-order valence-corrected chi connectivity index (χ2v) is 7.05. The molecule has 3 saturated heterocycles. The third-order valence-electron chi connectivity index (χ3n) is 4.23. The van der Waals surface area contributed by atoms with Gasteiger partial charge in [-0.25, -0.2) is 4.79 Å². The van der Waals surface area contributed by atoms with Crippen LogP contribution in [0.3, 0.4) is 0 Å². The molecule has 114 valence electrons. The number of carbonyl (C=O) groups excluding carboxylic acids is 1. The summed E-state index contributed by atoms with van der Waals surface area (Å²) >= 11 is 0. The summed E-state index contributed by atoms with van der Waals surface area (Å²) in [6.07, 6.45) is 1.66. The normalized spacial score (nSPS) is 29.8. The molecule has 3 heterocycles. The Hall–Kier alpha value is -0.850. The van der Waals surface area contributed by atoms with Crippen LogP contribution < -0.4 is 5.32 Å². The molecule has 0 bridgehead atoms. The number of ether oxygens (including phenoxy) is 2. The Labute approximate surface area is 120 Å². The van der Waals surface area contributed by atoms with Gasteiger partial charge in [0.25, 0.3) is 0 Å². The van der Waals surface area contributed by atoms with Crippen LogP contribution in [0.5, 0.6) is 0 Å². The van der Waals surface area contributed by atoms with Gasteiger partial charge < -0.3 is 14.4 Å². The summed E-state index contributed by atoms with van der Waals surface area (Å²) in [6, 6.07) is 0. The van der Waals surface area contributed by atoms with Crippen LogP contribution in [0.4, 0.5) is 4.79 Å². The number of fused-ring (bicyclic) bond motifs is 1. The van der Waals surface area contributed by atoms with Gasteiger partial charge in [-0.1, -0.05) is 0 Å². The molecule has 3 rings (SSSR count). The molecule has 3 aliphatic heterocycles. The zero-order chi connectivity index (χ0) is 14.4. The SMILES string of the molecule is CC(C)(C)OC(=O)N1CCC2(CC1)CN1CCNC1O2. The summed E-state index contributed by atoms with van der Waals surface area (Å²) in [6.45, 7) is 10.2. The second kappa shape index (κ2) is 4.86. The number of piperidine rings is 1. The summed E-state index contributed by atoms with van der Waals surface area (Å²) in [7, 11) is 0. The van der Waals surface area contributed by atoms with Crippen LogP contribution >= 0.6 is 0 Å². The van der Waals surface area contributed by atoms with Crippen molar-refractivity contribution in [2.45, 2.75) is 51.2 Å². The van der Waals surface area contributed by atoms with Gasteiger partial charge in [0.1, 0.15) is 5.60 Å². The molecule has 1 amide bonds. The Kier molecular flexibility index (Phi) is 3.43. The predicted octanol–water partition coefficient (Wildman–Crippen LogP) is 0.975. The van der Waals surface area contributed by atoms with Crippen molar-refractivity contribution in [3.8, 4) is 0 Å². The van der Waals surface area contributed by atoms with E-state index in [1.807, 2.05) is 20.8 Å². The molecule has 3 aliphatic rings. The van der Waals surface area contributed by atoms with E-state index in [0.29, 0.717) is 0 Å². The van der Waals surface area contributed by atoms with E-state index in [0.717, 1.165) is 45.6 Å². The zero-order valence-electron chi connectivity index (χ0n) is 12.6. The Morgan fingerprint density at radius 3 is 2.60 bits per heavy atom. The third-order valence-corrected chi connectivity index (χ3v) is 4.23. The first kappa shape index (κ1) is 14.1. The lowest BCUT2D eigenvalue weighted by atomic mass is 9.91. The van der Waals surface area contributed by atoms with Crippen molar-refractivity contribution in [1.29, 1.82) is 0 Å². The van der Waals surface area contributed by atoms with Crippen LogP contribution in [0.2, 0.25) is 0 Å². The molecular formula is C14H25N3O3. The van der Waals surface area contributed by atoms with Crippen molar-refractivity contribution in [2.24, 2.45) is 0 Å². The maximum absolute atomic E-state index is 12.1. The van der Waals surface area contributed by atoms with E-state index in [1.54, 1.807) is 4.90 Å². The van der Waals surface area contributed by atoms with E-state index < -0.39 is 5.60 Å². The summed E-state index contributed by atoms with van der Waals surface area (Å²) in [5, 5.41) is 3.35. The lowest BCUT2D eigenvalue weighted by Crippen LogP contribution is -2.50. The first-order valence-electron chi connectivity index (χ1n) is 7.50. The molecule has 1 unspecified atom stereocenters. The van der Waals surface area contributed by atoms with Gasteiger partial charge in [-0.2, -0.15) is 0 Å². The van der Waals surface area contributed by atoms with Crippen molar-refractivity contribution >= 4 is 6.09 Å². The zero-order valence-corrected chi connectivity index (χ0v) is 12.6. The molecule has 0 aromatic heterocycles. The standard InChI is InChI=1S/C14H25N3O3/c1-13(2,3)20-12(18)16-7-4-14(5-8-16)10-17-9-6-15-11(17)19-14/h11,15H,4-10H2,1-3H3. The van der Waals surface area contributed by atoms with Gasteiger partial charge >= 0.3 is 6.09 Å². The minimum atomic E-state index is -0.428. The van der Waals surface area contributed by atoms with Gasteiger partial charge in [0.05, 0.1) is 5.60 Å². The summed E-state index contributed by atoms with van der Waals surface area (Å²) in [4.78, 5) is 16.2. The first-order valence-corrected chi connectivity index (χ1v) is 7.50. The Bertz CT molecular complexity index is 372. The summed E-state index contributed by atoms with van der Waals surface area (Å²) < 4.78 is 11.6. The molecule has 6 heteroatoms. The molecule has 1 N–H and O–H groups in total. The van der Waals surface area contributed by atoms with Gasteiger partial charge in [-0.3, -0.25) is 10.2 Å². The van der Waals surface area contributed by atoms with Gasteiger partial charge in [-0.15, -0.1) is 0 Å². The highest BCUT2D eigenvalue weighted by Crippen LogP contribution is 2.35. The summed E-state index contributed by atoms with van der Waals surface area (Å²) in [5.74, 6) is 0. The van der Waals surface area contributed by atoms with Gasteiger partial charge in [-0.05, 0) is 33.6 Å². The van der Waals surface area contributed by atoms with Crippen LogP contribution in [0.25, 0.3) is 0 Å². The highest BCUT2D eigenvalue weighted by atomic mass is 16.6. The molecular weight excluding hydrogens is 258 g/mol. The number of amides is 1. The van der Waals surface area contributed by atoms with Crippen LogP contribution in [-0.2, 0) is 9.47 Å². The number of likely N-dealkylation sites (tertiary alicyclic amines) is 1. The molecule has 0 aliphatic carbocycles. The predicted molar refractivity (Wildman–Crippen MR) is 74.2 cm³/mol. The monoisotopic (exact) mass is 283 g/mol. The topological polar surface area (TPSA) is 54.0 Å². The Morgan fingerprint density at radius 1 is 1.30 bits per heavy atom. The number of hydrogen-bond donors (Lipinski definition) is 1. The molecule has 0 aromatic carbocycles. The van der Waals surface area contributed by atoms with Gasteiger partial charge in [0.2, 0.25) is 0 Å². The average molecular weight is 283 g/mol. The second-order valence-electron chi connectivity index (χ2n) is 7.05. The van der Waals surface area contributed by atoms with Crippen LogP contribution in [-0.4, -0.2) is 66.2 Å². The number of rotatable bonds is 0. The molecule has 20 heavy (non-hydrogen) atoms. The molecule has 1 spiro atoms. The minimum Gasteiger partial charge on any atom is -0.444 e. The van der Waals surface area contributed by atoms with Crippen LogP contribution in [0, 0.1) is 0 Å². The van der Waals surface area contributed by atoms with Crippen molar-refractivity contribution in [1.82, 2.24) is 15.1 Å². The minimum absolute atomic E-state index is 0.0728. The molecule has 6 nitrogen and oxygen atoms in total. The van der Waals surface area contributed by atoms with Crippen molar-refractivity contribution in [2.75, 3.05) is 32.7 Å². The van der Waals surface area contributed by atoms with E-state index >= 15 is 0 Å². The van der Waals surface area contributed by atoms with Crippen LogP contribution in [0.15, 0.2) is 0 Å². The quantitative estimate of drug-likeness (QED) is 0.718. The summed E-state index contributed by atoms with van der Waals surface area (Å²) in [5.41, 5.74) is -0.501. The van der Waals surface area contributed by atoms with E-state index in [-0.39, 0.29) is 18.0 Å². The van der Waals surface area contributed by atoms with E-state index in [2.05, 4.69) is 10.2 Å². The fraction of sp³-hybridized carbons (Fsp3) is 0.929. The lowest BCUT2D eigenvalue weighted by Gasteiger charge is -2.39. The van der Waals surface area contributed by atoms with Crippen molar-refractivity contribution < 1.29 is 14.3 Å². The fourth-order valence-corrected chi connectivity index (χ4v) is 3.20. The number of nitrogens with one attached hydrogen (secondary N) is 1. The van der Waals surface area contributed by atoms with Crippen LogP contribution in [0.1, 0.15) is 33.6 Å².